The number of benzene rings is 1. The lowest BCUT2D eigenvalue weighted by Gasteiger charge is -2.31. The summed E-state index contributed by atoms with van der Waals surface area (Å²) >= 11 is 5.82. The third-order valence-corrected chi connectivity index (χ3v) is 7.63. The van der Waals surface area contributed by atoms with Crippen LogP contribution >= 0.6 is 11.6 Å². The van der Waals surface area contributed by atoms with E-state index in [0.29, 0.717) is 42.7 Å². The maximum atomic E-state index is 13.1. The topological polar surface area (TPSA) is 91.8 Å². The number of morpholine rings is 1. The van der Waals surface area contributed by atoms with E-state index in [2.05, 4.69) is 15.2 Å². The second-order valence-corrected chi connectivity index (χ2v) is 9.89. The molecule has 0 aliphatic carbocycles. The number of piperidine rings is 1. The number of halogens is 1. The lowest BCUT2D eigenvalue weighted by atomic mass is 10.1. The second-order valence-electron chi connectivity index (χ2n) is 7.57. The number of nitrogens with one attached hydrogen (secondary N) is 1. The van der Waals surface area contributed by atoms with Gasteiger partial charge in [0.2, 0.25) is 10.0 Å². The summed E-state index contributed by atoms with van der Waals surface area (Å²) in [5.74, 6) is -0.372. The molecule has 2 aliphatic rings. The molecule has 1 aromatic carbocycles. The quantitative estimate of drug-likeness (QED) is 0.684. The number of nitrogens with zero attached hydrogens (tertiary/aromatic N) is 3. The first kappa shape index (κ1) is 22.0. The molecule has 0 spiro atoms. The van der Waals surface area contributed by atoms with Gasteiger partial charge < -0.3 is 15.0 Å². The van der Waals surface area contributed by atoms with Crippen molar-refractivity contribution in [3.8, 4) is 0 Å². The van der Waals surface area contributed by atoms with Crippen LogP contribution in [0.1, 0.15) is 29.6 Å². The highest BCUT2D eigenvalue weighted by molar-refractivity contribution is 7.89. The van der Waals surface area contributed by atoms with E-state index in [0.717, 1.165) is 38.0 Å². The first-order valence-corrected chi connectivity index (χ1v) is 12.2. The van der Waals surface area contributed by atoms with Gasteiger partial charge in [-0.15, -0.1) is 0 Å². The summed E-state index contributed by atoms with van der Waals surface area (Å²) in [4.78, 5) is 19.1. The molecular weight excluding hydrogens is 440 g/mol. The van der Waals surface area contributed by atoms with Gasteiger partial charge in [-0.1, -0.05) is 11.6 Å². The minimum Gasteiger partial charge on any atom is -0.379 e. The third kappa shape index (κ3) is 5.01. The monoisotopic (exact) mass is 464 g/mol. The van der Waals surface area contributed by atoms with Crippen LogP contribution in [0.3, 0.4) is 0 Å². The van der Waals surface area contributed by atoms with E-state index < -0.39 is 10.0 Å². The number of rotatable bonds is 5. The molecule has 0 bridgehead atoms. The molecule has 166 valence electrons. The summed E-state index contributed by atoms with van der Waals surface area (Å²) < 4.78 is 33.0. The van der Waals surface area contributed by atoms with E-state index in [1.807, 2.05) is 0 Å². The zero-order chi connectivity index (χ0) is 21.8. The smallest absolute Gasteiger partial charge is 0.257 e. The molecule has 2 fully saturated rings. The summed E-state index contributed by atoms with van der Waals surface area (Å²) in [6, 6.07) is 8.08. The van der Waals surface area contributed by atoms with Gasteiger partial charge in [0.25, 0.3) is 5.91 Å². The SMILES string of the molecule is O=C(Nc1cc(S(=O)(=O)N2CCOCC2)ccc1N1CCCCC1)c1ccc(Cl)nc1. The van der Waals surface area contributed by atoms with Crippen molar-refractivity contribution in [2.45, 2.75) is 24.2 Å². The number of pyridine rings is 1. The van der Waals surface area contributed by atoms with Gasteiger partial charge >= 0.3 is 0 Å². The molecule has 0 atom stereocenters. The van der Waals surface area contributed by atoms with Crippen molar-refractivity contribution in [1.82, 2.24) is 9.29 Å². The van der Waals surface area contributed by atoms with Gasteiger partial charge in [0.1, 0.15) is 5.15 Å². The summed E-state index contributed by atoms with van der Waals surface area (Å²) in [5.41, 5.74) is 1.63. The summed E-state index contributed by atoms with van der Waals surface area (Å²) in [6.07, 6.45) is 4.68. The molecule has 1 aromatic heterocycles. The standard InChI is InChI=1S/C21H25ClN4O4S/c22-20-7-4-16(15-23-20)21(27)24-18-14-17(31(28,29)26-10-12-30-13-11-26)5-6-19(18)25-8-2-1-3-9-25/h4-7,14-15H,1-3,8-13H2,(H,24,27). The Labute approximate surface area is 187 Å². The van der Waals surface area contributed by atoms with Crippen LogP contribution in [0.4, 0.5) is 11.4 Å². The summed E-state index contributed by atoms with van der Waals surface area (Å²) in [7, 11) is -3.68. The van der Waals surface area contributed by atoms with Crippen LogP contribution in [0.5, 0.6) is 0 Å². The molecule has 3 heterocycles. The van der Waals surface area contributed by atoms with Gasteiger partial charge in [-0.3, -0.25) is 4.79 Å². The number of hydrogen-bond acceptors (Lipinski definition) is 6. The number of hydrogen-bond donors (Lipinski definition) is 1. The Morgan fingerprint density at radius 3 is 2.45 bits per heavy atom. The molecule has 2 aliphatic heterocycles. The zero-order valence-electron chi connectivity index (χ0n) is 17.1. The van der Waals surface area contributed by atoms with Crippen LogP contribution in [0, 0.1) is 0 Å². The first-order chi connectivity index (χ1) is 14.9. The first-order valence-electron chi connectivity index (χ1n) is 10.3. The number of carbonyl (C=O) groups excluding carboxylic acids is 1. The van der Waals surface area contributed by atoms with Gasteiger partial charge in [-0.05, 0) is 49.6 Å². The Morgan fingerprint density at radius 2 is 1.77 bits per heavy atom. The predicted molar refractivity (Wildman–Crippen MR) is 119 cm³/mol. The Kier molecular flexibility index (Phi) is 6.76. The van der Waals surface area contributed by atoms with Crippen molar-refractivity contribution in [2.75, 3.05) is 49.6 Å². The summed E-state index contributed by atoms with van der Waals surface area (Å²) in [6.45, 7) is 3.10. The Bertz CT molecular complexity index is 1030. The van der Waals surface area contributed by atoms with Crippen LogP contribution in [-0.2, 0) is 14.8 Å². The number of ether oxygens (including phenoxy) is 1. The van der Waals surface area contributed by atoms with Crippen molar-refractivity contribution in [1.29, 1.82) is 0 Å². The number of anilines is 2. The summed E-state index contributed by atoms with van der Waals surface area (Å²) in [5, 5.41) is 3.18. The molecule has 0 saturated carbocycles. The molecular formula is C21H25ClN4O4S. The highest BCUT2D eigenvalue weighted by Crippen LogP contribution is 2.32. The lowest BCUT2D eigenvalue weighted by Crippen LogP contribution is -2.40. The van der Waals surface area contributed by atoms with E-state index in [1.165, 1.54) is 10.5 Å². The molecule has 10 heteroatoms. The molecule has 1 amide bonds. The van der Waals surface area contributed by atoms with Gasteiger partial charge in [-0.2, -0.15) is 4.31 Å². The maximum absolute atomic E-state index is 13.1. The average molecular weight is 465 g/mol. The molecule has 0 radical (unpaired) electrons. The van der Waals surface area contributed by atoms with Crippen molar-refractivity contribution >= 4 is 38.9 Å². The molecule has 4 rings (SSSR count). The van der Waals surface area contributed by atoms with Gasteiger partial charge in [-0.25, -0.2) is 13.4 Å². The fraction of sp³-hybridized carbons (Fsp3) is 0.429. The fourth-order valence-corrected chi connectivity index (χ4v) is 5.37. The highest BCUT2D eigenvalue weighted by Gasteiger charge is 2.28. The fourth-order valence-electron chi connectivity index (χ4n) is 3.83. The van der Waals surface area contributed by atoms with E-state index in [1.54, 1.807) is 30.3 Å². The Hall–Kier alpha value is -2.20. The van der Waals surface area contributed by atoms with Gasteiger partial charge in [0.05, 0.1) is 35.0 Å². The van der Waals surface area contributed by atoms with Crippen molar-refractivity contribution in [2.24, 2.45) is 0 Å². The minimum absolute atomic E-state index is 0.152. The highest BCUT2D eigenvalue weighted by atomic mass is 35.5. The van der Waals surface area contributed by atoms with Crippen molar-refractivity contribution in [3.63, 3.8) is 0 Å². The largest absolute Gasteiger partial charge is 0.379 e. The van der Waals surface area contributed by atoms with Crippen molar-refractivity contribution in [3.05, 3.63) is 47.2 Å². The molecule has 2 aromatic rings. The number of sulfonamides is 1. The number of amides is 1. The number of aromatic nitrogens is 1. The molecule has 0 unspecified atom stereocenters. The van der Waals surface area contributed by atoms with E-state index in [9.17, 15) is 13.2 Å². The van der Waals surface area contributed by atoms with Crippen LogP contribution in [0.25, 0.3) is 0 Å². The zero-order valence-corrected chi connectivity index (χ0v) is 18.7. The molecule has 31 heavy (non-hydrogen) atoms. The van der Waals surface area contributed by atoms with Gasteiger partial charge in [0.15, 0.2) is 0 Å². The average Bonchev–Trinajstić information content (AvgIpc) is 2.80. The Balaban J connectivity index is 1.67. The predicted octanol–water partition coefficient (Wildman–Crippen LogP) is 3.00. The Morgan fingerprint density at radius 1 is 1.03 bits per heavy atom. The number of carbonyl (C=O) groups is 1. The molecule has 1 N–H and O–H groups in total. The van der Waals surface area contributed by atoms with Crippen LogP contribution in [0.15, 0.2) is 41.4 Å². The van der Waals surface area contributed by atoms with E-state index in [-0.39, 0.29) is 10.8 Å². The van der Waals surface area contributed by atoms with E-state index >= 15 is 0 Å². The normalized spacial score (nSPS) is 18.0. The second kappa shape index (κ2) is 9.52. The van der Waals surface area contributed by atoms with Crippen molar-refractivity contribution < 1.29 is 17.9 Å². The van der Waals surface area contributed by atoms with Crippen LogP contribution < -0.4 is 10.2 Å². The van der Waals surface area contributed by atoms with Gasteiger partial charge in [0, 0.05) is 32.4 Å². The maximum Gasteiger partial charge on any atom is 0.257 e. The van der Waals surface area contributed by atoms with E-state index in [4.69, 9.17) is 16.3 Å². The van der Waals surface area contributed by atoms with Crippen LogP contribution in [0.2, 0.25) is 5.15 Å². The van der Waals surface area contributed by atoms with Crippen LogP contribution in [-0.4, -0.2) is 63.0 Å². The molecule has 8 nitrogen and oxygen atoms in total. The lowest BCUT2D eigenvalue weighted by molar-refractivity contribution is 0.0730. The third-order valence-electron chi connectivity index (χ3n) is 5.51. The minimum atomic E-state index is -3.68. The molecule has 2 saturated heterocycles.